The molecule has 0 saturated carbocycles. The number of piperazine rings is 1. The molecule has 0 unspecified atom stereocenters. The minimum atomic E-state index is -3.77. The number of sulfonamides is 2. The fraction of sp³-hybridized carbons (Fsp3) is 0.333. The summed E-state index contributed by atoms with van der Waals surface area (Å²) in [6, 6.07) is 21.3. The molecule has 1 saturated heterocycles. The van der Waals surface area contributed by atoms with Crippen LogP contribution in [0, 0.1) is 0 Å². The highest BCUT2D eigenvalue weighted by Crippen LogP contribution is 2.33. The van der Waals surface area contributed by atoms with Crippen LogP contribution in [0.2, 0.25) is 0 Å². The van der Waals surface area contributed by atoms with Crippen LogP contribution in [-0.2, 0) is 20.0 Å². The second-order valence-corrected chi connectivity index (χ2v) is 13.4. The van der Waals surface area contributed by atoms with Gasteiger partial charge in [-0.25, -0.2) is 21.6 Å². The van der Waals surface area contributed by atoms with Crippen LogP contribution in [0.1, 0.15) is 13.8 Å². The highest BCUT2D eigenvalue weighted by molar-refractivity contribution is 7.90. The van der Waals surface area contributed by atoms with Crippen molar-refractivity contribution < 1.29 is 26.3 Å². The van der Waals surface area contributed by atoms with E-state index >= 15 is 0 Å². The summed E-state index contributed by atoms with van der Waals surface area (Å²) < 4.78 is 69.2. The lowest BCUT2D eigenvalue weighted by Crippen LogP contribution is -2.50. The topological polar surface area (TPSA) is 105 Å². The molecule has 1 fully saturated rings. The van der Waals surface area contributed by atoms with Gasteiger partial charge < -0.3 is 9.47 Å². The van der Waals surface area contributed by atoms with E-state index in [1.54, 1.807) is 42.5 Å². The predicted octanol–water partition coefficient (Wildman–Crippen LogP) is 4.08. The highest BCUT2D eigenvalue weighted by Gasteiger charge is 2.30. The van der Waals surface area contributed by atoms with Crippen LogP contribution >= 0.6 is 0 Å². The van der Waals surface area contributed by atoms with Crippen molar-refractivity contribution in [3.8, 4) is 11.5 Å². The Hall–Kier alpha value is -3.22. The van der Waals surface area contributed by atoms with Crippen molar-refractivity contribution in [1.29, 1.82) is 0 Å². The van der Waals surface area contributed by atoms with Gasteiger partial charge >= 0.3 is 0 Å². The Morgan fingerprint density at radius 2 is 1.15 bits per heavy atom. The fourth-order valence-electron chi connectivity index (χ4n) is 5.26. The van der Waals surface area contributed by atoms with Gasteiger partial charge in [0, 0.05) is 60.8 Å². The summed E-state index contributed by atoms with van der Waals surface area (Å²) in [6.07, 6.45) is 0. The van der Waals surface area contributed by atoms with E-state index in [4.69, 9.17) is 9.47 Å². The van der Waals surface area contributed by atoms with E-state index in [2.05, 4.69) is 9.62 Å². The third-order valence-electron chi connectivity index (χ3n) is 7.25. The summed E-state index contributed by atoms with van der Waals surface area (Å²) in [6.45, 7) is 7.08. The number of nitrogens with one attached hydrogen (secondary N) is 1. The van der Waals surface area contributed by atoms with Crippen LogP contribution in [0.4, 0.5) is 0 Å². The molecule has 1 heterocycles. The van der Waals surface area contributed by atoms with Gasteiger partial charge in [-0.2, -0.15) is 4.31 Å². The van der Waals surface area contributed by atoms with Crippen molar-refractivity contribution in [2.24, 2.45) is 0 Å². The summed E-state index contributed by atoms with van der Waals surface area (Å²) in [4.78, 5) is 2.54. The molecule has 9 nitrogen and oxygen atoms in total. The highest BCUT2D eigenvalue weighted by atomic mass is 32.2. The molecular formula is C30H35N3O6S2. The fourth-order valence-corrected chi connectivity index (χ4v) is 8.11. The summed E-state index contributed by atoms with van der Waals surface area (Å²) in [5, 5.41) is 2.75. The van der Waals surface area contributed by atoms with Gasteiger partial charge in [-0.15, -0.1) is 0 Å². The Morgan fingerprint density at radius 3 is 1.68 bits per heavy atom. The molecule has 1 N–H and O–H groups in total. The van der Waals surface area contributed by atoms with Crippen LogP contribution in [-0.4, -0.2) is 78.5 Å². The molecule has 1 aliphatic heterocycles. The smallest absolute Gasteiger partial charge is 0.243 e. The third kappa shape index (κ3) is 6.05. The molecule has 0 atom stereocenters. The number of hydrogen-bond acceptors (Lipinski definition) is 7. The molecule has 0 amide bonds. The number of benzene rings is 4. The molecule has 1 aliphatic rings. The minimum Gasteiger partial charge on any atom is -0.493 e. The van der Waals surface area contributed by atoms with E-state index in [-0.39, 0.29) is 16.3 Å². The zero-order valence-electron chi connectivity index (χ0n) is 23.2. The Balaban J connectivity index is 1.22. The number of nitrogens with zero attached hydrogens (tertiary/aromatic N) is 2. The first kappa shape index (κ1) is 29.3. The van der Waals surface area contributed by atoms with Gasteiger partial charge in [-0.1, -0.05) is 48.5 Å². The second-order valence-electron chi connectivity index (χ2n) is 9.72. The van der Waals surface area contributed by atoms with Crippen LogP contribution in [0.3, 0.4) is 0 Å². The molecule has 0 bridgehead atoms. The third-order valence-corrected chi connectivity index (χ3v) is 10.7. The molecule has 4 aromatic carbocycles. The number of rotatable bonds is 11. The molecule has 0 radical (unpaired) electrons. The maximum absolute atomic E-state index is 13.6. The van der Waals surface area contributed by atoms with Crippen LogP contribution < -0.4 is 14.2 Å². The van der Waals surface area contributed by atoms with Gasteiger partial charge in [0.1, 0.15) is 11.5 Å². The van der Waals surface area contributed by atoms with E-state index in [1.807, 2.05) is 44.2 Å². The predicted molar refractivity (Wildman–Crippen MR) is 161 cm³/mol. The normalized spacial score (nSPS) is 15.4. The van der Waals surface area contributed by atoms with Gasteiger partial charge in [0.25, 0.3) is 0 Å². The van der Waals surface area contributed by atoms with Gasteiger partial charge in [0.05, 0.1) is 23.0 Å². The first-order chi connectivity index (χ1) is 19.8. The first-order valence-corrected chi connectivity index (χ1v) is 16.7. The molecule has 0 spiro atoms. The van der Waals surface area contributed by atoms with Crippen molar-refractivity contribution in [2.75, 3.05) is 52.5 Å². The van der Waals surface area contributed by atoms with Crippen molar-refractivity contribution in [2.45, 2.75) is 23.6 Å². The second kappa shape index (κ2) is 12.3. The van der Waals surface area contributed by atoms with E-state index in [9.17, 15) is 16.8 Å². The monoisotopic (exact) mass is 597 g/mol. The van der Waals surface area contributed by atoms with Crippen molar-refractivity contribution in [1.82, 2.24) is 13.9 Å². The summed E-state index contributed by atoms with van der Waals surface area (Å²) in [7, 11) is -7.49. The van der Waals surface area contributed by atoms with Crippen LogP contribution in [0.5, 0.6) is 11.5 Å². The average Bonchev–Trinajstić information content (AvgIpc) is 2.98. The number of fused-ring (bicyclic) bond motifs is 2. The van der Waals surface area contributed by atoms with Gasteiger partial charge in [-0.05, 0) is 38.1 Å². The lowest BCUT2D eigenvalue weighted by Gasteiger charge is -2.34. The first-order valence-electron chi connectivity index (χ1n) is 13.8. The Bertz CT molecular complexity index is 1750. The molecule has 4 aromatic rings. The molecule has 41 heavy (non-hydrogen) atoms. The van der Waals surface area contributed by atoms with Crippen molar-refractivity contribution in [3.63, 3.8) is 0 Å². The summed E-state index contributed by atoms with van der Waals surface area (Å²) in [5.74, 6) is 1.31. The van der Waals surface area contributed by atoms with Gasteiger partial charge in [0.15, 0.2) is 0 Å². The SMILES string of the molecule is CCOc1ccc(S(=O)(=O)NCCN2CCN(S(=O)(=O)c3ccc(OCC)c4ccccc34)CC2)c2ccccc12. The van der Waals surface area contributed by atoms with E-state index in [0.717, 1.165) is 10.8 Å². The Kier molecular flexibility index (Phi) is 8.81. The molecular weight excluding hydrogens is 562 g/mol. The molecule has 0 aliphatic carbocycles. The summed E-state index contributed by atoms with van der Waals surface area (Å²) in [5.41, 5.74) is 0. The maximum Gasteiger partial charge on any atom is 0.243 e. The molecule has 11 heteroatoms. The lowest BCUT2D eigenvalue weighted by atomic mass is 10.1. The Morgan fingerprint density at radius 1 is 0.659 bits per heavy atom. The minimum absolute atomic E-state index is 0.204. The molecule has 218 valence electrons. The zero-order valence-corrected chi connectivity index (χ0v) is 24.9. The molecule has 0 aromatic heterocycles. The standard InChI is InChI=1S/C30H35N3O6S2/c1-3-38-27-13-15-29(25-11-7-5-9-23(25)27)40(34,35)31-17-18-32-19-21-33(22-20-32)41(36,37)30-16-14-28(39-4-2)24-10-6-8-12-26(24)30/h5-16,31H,3-4,17-22H2,1-2H3. The van der Waals surface area contributed by atoms with Crippen LogP contribution in [0.25, 0.3) is 21.5 Å². The van der Waals surface area contributed by atoms with E-state index in [0.29, 0.717) is 68.2 Å². The van der Waals surface area contributed by atoms with Crippen LogP contribution in [0.15, 0.2) is 82.6 Å². The maximum atomic E-state index is 13.6. The Labute approximate surface area is 241 Å². The number of ether oxygens (including phenoxy) is 2. The van der Waals surface area contributed by atoms with E-state index in [1.165, 1.54) is 4.31 Å². The van der Waals surface area contributed by atoms with Crippen molar-refractivity contribution in [3.05, 3.63) is 72.8 Å². The molecule has 5 rings (SSSR count). The largest absolute Gasteiger partial charge is 0.493 e. The van der Waals surface area contributed by atoms with Gasteiger partial charge in [0.2, 0.25) is 20.0 Å². The van der Waals surface area contributed by atoms with Gasteiger partial charge in [-0.3, -0.25) is 4.90 Å². The average molecular weight is 598 g/mol. The quantitative estimate of drug-likeness (QED) is 0.278. The summed E-state index contributed by atoms with van der Waals surface area (Å²) >= 11 is 0. The number of hydrogen-bond donors (Lipinski definition) is 1. The lowest BCUT2D eigenvalue weighted by molar-refractivity contribution is 0.191. The zero-order chi connectivity index (χ0) is 29.0. The van der Waals surface area contributed by atoms with Crippen molar-refractivity contribution >= 4 is 41.6 Å². The van der Waals surface area contributed by atoms with E-state index < -0.39 is 20.0 Å².